The number of aromatic nitrogens is 7. The van der Waals surface area contributed by atoms with Gasteiger partial charge in [0.2, 0.25) is 5.95 Å². The van der Waals surface area contributed by atoms with Crippen LogP contribution >= 0.6 is 7.14 Å². The lowest BCUT2D eigenvalue weighted by Crippen LogP contribution is -2.44. The molecular formula is C32H35F3N11O2P. The van der Waals surface area contributed by atoms with Gasteiger partial charge in [-0.2, -0.15) is 28.2 Å². The summed E-state index contributed by atoms with van der Waals surface area (Å²) in [6.07, 6.45) is 5.95. The fourth-order valence-electron chi connectivity index (χ4n) is 5.99. The molecule has 49 heavy (non-hydrogen) atoms. The molecule has 0 unspecified atom stereocenters. The Morgan fingerprint density at radius 3 is 2.53 bits per heavy atom. The summed E-state index contributed by atoms with van der Waals surface area (Å²) in [5.41, 5.74) is 4.11. The Morgan fingerprint density at radius 2 is 1.82 bits per heavy atom. The van der Waals surface area contributed by atoms with Gasteiger partial charge in [-0.05, 0) is 38.6 Å². The number of nitrogens with zero attached hydrogens (tertiary/aromatic N) is 8. The molecular weight excluding hydrogens is 658 g/mol. The number of aromatic amines is 1. The molecule has 1 aromatic carbocycles. The number of hydrogen-bond acceptors (Lipinski definition) is 10. The molecule has 0 saturated carbocycles. The highest BCUT2D eigenvalue weighted by molar-refractivity contribution is 7.70. The number of ether oxygens (including phenoxy) is 1. The Kier molecular flexibility index (Phi) is 8.23. The largest absolute Gasteiger partial charge is 0.482 e. The van der Waals surface area contributed by atoms with Gasteiger partial charge in [-0.1, -0.05) is 0 Å². The van der Waals surface area contributed by atoms with Crippen molar-refractivity contribution in [2.24, 2.45) is 7.05 Å². The predicted octanol–water partition coefficient (Wildman–Crippen LogP) is 5.43. The van der Waals surface area contributed by atoms with Crippen LogP contribution in [-0.2, 0) is 11.6 Å². The van der Waals surface area contributed by atoms with Crippen molar-refractivity contribution in [1.29, 1.82) is 0 Å². The number of benzene rings is 1. The second-order valence-electron chi connectivity index (χ2n) is 12.4. The molecule has 1 aliphatic rings. The first kappa shape index (κ1) is 32.5. The summed E-state index contributed by atoms with van der Waals surface area (Å²) in [5.74, 6) is 0.477. The Morgan fingerprint density at radius 1 is 1.02 bits per heavy atom. The molecule has 6 heterocycles. The average Bonchev–Trinajstić information content (AvgIpc) is 3.81. The second kappa shape index (κ2) is 12.4. The topological polar surface area (TPSA) is 134 Å². The highest BCUT2D eigenvalue weighted by Crippen LogP contribution is 2.43. The summed E-state index contributed by atoms with van der Waals surface area (Å²) < 4.78 is 62.9. The van der Waals surface area contributed by atoms with Gasteiger partial charge in [-0.3, -0.25) is 4.68 Å². The highest BCUT2D eigenvalue weighted by Gasteiger charge is 2.30. The molecule has 0 spiro atoms. The molecule has 1 fully saturated rings. The second-order valence-corrected chi connectivity index (χ2v) is 15.6. The number of hydrogen-bond donors (Lipinski definition) is 3. The highest BCUT2D eigenvalue weighted by atomic mass is 31.2. The number of likely N-dealkylation sites (N-methyl/N-ethyl adjacent to an activating group) is 1. The minimum atomic E-state index is -4.56. The van der Waals surface area contributed by atoms with Crippen LogP contribution in [0.25, 0.3) is 27.8 Å². The van der Waals surface area contributed by atoms with Crippen molar-refractivity contribution in [2.45, 2.75) is 6.18 Å². The van der Waals surface area contributed by atoms with Gasteiger partial charge < -0.3 is 39.1 Å². The van der Waals surface area contributed by atoms with Crippen molar-refractivity contribution in [3.8, 4) is 16.9 Å². The van der Waals surface area contributed by atoms with Crippen LogP contribution in [0.4, 0.5) is 42.0 Å². The smallest absolute Gasteiger partial charge is 0.422 e. The van der Waals surface area contributed by atoms with Gasteiger partial charge in [0, 0.05) is 87.1 Å². The Labute approximate surface area is 279 Å². The Hall–Kier alpha value is -5.08. The average molecular weight is 694 g/mol. The normalized spacial score (nSPS) is 14.6. The molecule has 1 aliphatic heterocycles. The monoisotopic (exact) mass is 693 g/mol. The van der Waals surface area contributed by atoms with E-state index in [0.717, 1.165) is 29.9 Å². The van der Waals surface area contributed by atoms with Crippen molar-refractivity contribution in [2.75, 3.05) is 68.7 Å². The summed E-state index contributed by atoms with van der Waals surface area (Å²) in [5, 5.41) is 12.0. The van der Waals surface area contributed by atoms with E-state index in [-0.39, 0.29) is 17.4 Å². The van der Waals surface area contributed by atoms with Crippen LogP contribution in [-0.4, -0.2) is 98.4 Å². The molecule has 13 nitrogen and oxygen atoms in total. The van der Waals surface area contributed by atoms with Gasteiger partial charge in [0.05, 0.1) is 28.3 Å². The van der Waals surface area contributed by atoms with E-state index in [2.05, 4.69) is 40.5 Å². The fraction of sp³-hybridized carbons (Fsp3) is 0.312. The van der Waals surface area contributed by atoms with E-state index in [4.69, 9.17) is 9.72 Å². The molecule has 0 radical (unpaired) electrons. The summed E-state index contributed by atoms with van der Waals surface area (Å²) in [6.45, 7) is 4.84. The first-order chi connectivity index (χ1) is 23.3. The third-order valence-electron chi connectivity index (χ3n) is 8.34. The molecule has 17 heteroatoms. The van der Waals surface area contributed by atoms with Crippen molar-refractivity contribution in [1.82, 2.24) is 39.0 Å². The third-order valence-corrected chi connectivity index (χ3v) is 9.86. The molecule has 3 N–H and O–H groups in total. The Balaban J connectivity index is 1.33. The van der Waals surface area contributed by atoms with Crippen LogP contribution in [0.5, 0.6) is 5.75 Å². The lowest BCUT2D eigenvalue weighted by molar-refractivity contribution is -0.153. The molecule has 6 aromatic rings. The van der Waals surface area contributed by atoms with Crippen molar-refractivity contribution >= 4 is 58.0 Å². The zero-order valence-electron chi connectivity index (χ0n) is 27.3. The summed E-state index contributed by atoms with van der Waals surface area (Å²) in [4.78, 5) is 21.2. The van der Waals surface area contributed by atoms with Gasteiger partial charge in [0.1, 0.15) is 30.0 Å². The number of nitrogens with one attached hydrogen (secondary N) is 3. The van der Waals surface area contributed by atoms with Crippen LogP contribution in [0.3, 0.4) is 0 Å². The van der Waals surface area contributed by atoms with E-state index in [0.29, 0.717) is 46.6 Å². The molecule has 0 atom stereocenters. The number of alkyl halides is 3. The molecule has 0 aliphatic carbocycles. The molecule has 7 rings (SSSR count). The lowest BCUT2D eigenvalue weighted by Gasteiger charge is -2.35. The summed E-state index contributed by atoms with van der Waals surface area (Å²) in [7, 11) is 1.01. The van der Waals surface area contributed by atoms with Crippen molar-refractivity contribution in [3.63, 3.8) is 0 Å². The van der Waals surface area contributed by atoms with Crippen molar-refractivity contribution < 1.29 is 22.5 Å². The quantitative estimate of drug-likeness (QED) is 0.168. The molecule has 0 bridgehead atoms. The fourth-order valence-corrected chi connectivity index (χ4v) is 7.35. The molecule has 5 aromatic heterocycles. The van der Waals surface area contributed by atoms with Crippen LogP contribution in [0.15, 0.2) is 61.4 Å². The standard InChI is InChI=1S/C32H35F3N11O2P/c1-43-11-13-45(14-12-43)25-16-26(48-19-32(33,34)35)24(15-22(25)20-17-38-44(2)18-20)40-31-41-28-21(5-7-36-28)29(42-31)39-23-6-9-46-10-8-37-30(46)27(23)49(3,4)47/h5-10,15-18H,11-14,19H2,1-4H3,(H3,36,39,40,41,42). The first-order valence-electron chi connectivity index (χ1n) is 15.5. The van der Waals surface area contributed by atoms with Gasteiger partial charge in [0.25, 0.3) is 0 Å². The number of rotatable bonds is 9. The Bertz CT molecular complexity index is 2200. The van der Waals surface area contributed by atoms with Crippen LogP contribution in [0.2, 0.25) is 0 Å². The maximum absolute atomic E-state index is 13.5. The first-order valence-corrected chi connectivity index (χ1v) is 18.1. The number of H-pyrrole nitrogens is 1. The van der Waals surface area contributed by atoms with Gasteiger partial charge in [0.15, 0.2) is 6.61 Å². The third kappa shape index (κ3) is 6.78. The van der Waals surface area contributed by atoms with Crippen LogP contribution in [0, 0.1) is 0 Å². The maximum atomic E-state index is 13.5. The van der Waals surface area contributed by atoms with E-state index in [9.17, 15) is 17.7 Å². The van der Waals surface area contributed by atoms with E-state index in [1.165, 1.54) is 0 Å². The number of aryl methyl sites for hydroxylation is 1. The van der Waals surface area contributed by atoms with Crippen LogP contribution < -0.4 is 25.6 Å². The van der Waals surface area contributed by atoms with Gasteiger partial charge in [-0.15, -0.1) is 0 Å². The van der Waals surface area contributed by atoms with Gasteiger partial charge >= 0.3 is 6.18 Å². The number of halogens is 3. The number of pyridine rings is 1. The zero-order chi connectivity index (χ0) is 34.5. The molecule has 1 saturated heterocycles. The zero-order valence-corrected chi connectivity index (χ0v) is 28.2. The lowest BCUT2D eigenvalue weighted by atomic mass is 10.0. The number of piperazine rings is 1. The van der Waals surface area contributed by atoms with E-state index >= 15 is 0 Å². The minimum absolute atomic E-state index is 0.00599. The number of fused-ring (bicyclic) bond motifs is 2. The van der Waals surface area contributed by atoms with E-state index < -0.39 is 19.9 Å². The van der Waals surface area contributed by atoms with E-state index in [1.807, 2.05) is 19.4 Å². The SMILES string of the molecule is CN1CCN(c2cc(OCC(F)(F)F)c(Nc3nc(Nc4ccn5ccnc5c4P(C)(C)=O)c4cc[nH]c4n3)cc2-c2cnn(C)c2)CC1. The van der Waals surface area contributed by atoms with E-state index in [1.54, 1.807) is 78.5 Å². The molecule has 256 valence electrons. The van der Waals surface area contributed by atoms with Gasteiger partial charge in [-0.25, -0.2) is 4.98 Å². The number of anilines is 5. The van der Waals surface area contributed by atoms with Crippen LogP contribution in [0.1, 0.15) is 0 Å². The van der Waals surface area contributed by atoms with Crippen molar-refractivity contribution in [3.05, 3.63) is 61.4 Å². The summed E-state index contributed by atoms with van der Waals surface area (Å²) in [6, 6.07) is 6.99. The number of imidazole rings is 1. The summed E-state index contributed by atoms with van der Waals surface area (Å²) >= 11 is 0. The maximum Gasteiger partial charge on any atom is 0.422 e. The minimum Gasteiger partial charge on any atom is -0.482 e. The predicted molar refractivity (Wildman–Crippen MR) is 185 cm³/mol. The molecule has 0 amide bonds.